The Bertz CT molecular complexity index is 157. The molecule has 2 atom stereocenters. The first-order valence-electron chi connectivity index (χ1n) is 4.79. The Labute approximate surface area is 89.2 Å². The standard InChI is InChI=1S/C10H19BrO2/c1-5-9(11)6-13-10(12)8(4)7(2)3/h7-9H,5-6H2,1-4H3. The van der Waals surface area contributed by atoms with Gasteiger partial charge in [0, 0.05) is 4.83 Å². The molecule has 0 saturated carbocycles. The van der Waals surface area contributed by atoms with Gasteiger partial charge >= 0.3 is 5.97 Å². The maximum absolute atomic E-state index is 11.4. The summed E-state index contributed by atoms with van der Waals surface area (Å²) in [5.41, 5.74) is 0. The first kappa shape index (κ1) is 12.9. The van der Waals surface area contributed by atoms with Gasteiger partial charge in [0.1, 0.15) is 6.61 Å². The molecule has 0 aromatic rings. The molecule has 0 aliphatic rings. The summed E-state index contributed by atoms with van der Waals surface area (Å²) in [6.07, 6.45) is 0.976. The molecular formula is C10H19BrO2. The van der Waals surface area contributed by atoms with Crippen LogP contribution in [0.3, 0.4) is 0 Å². The lowest BCUT2D eigenvalue weighted by Crippen LogP contribution is -2.22. The van der Waals surface area contributed by atoms with E-state index in [9.17, 15) is 4.79 Å². The van der Waals surface area contributed by atoms with E-state index in [1.807, 2.05) is 20.8 Å². The fourth-order valence-corrected chi connectivity index (χ4v) is 0.826. The van der Waals surface area contributed by atoms with Crippen LogP contribution >= 0.6 is 15.9 Å². The van der Waals surface area contributed by atoms with E-state index < -0.39 is 0 Å². The van der Waals surface area contributed by atoms with Crippen molar-refractivity contribution >= 4 is 21.9 Å². The normalized spacial score (nSPS) is 15.5. The number of hydrogen-bond acceptors (Lipinski definition) is 2. The van der Waals surface area contributed by atoms with E-state index in [0.717, 1.165) is 6.42 Å². The van der Waals surface area contributed by atoms with Crippen molar-refractivity contribution in [1.82, 2.24) is 0 Å². The highest BCUT2D eigenvalue weighted by Crippen LogP contribution is 2.13. The van der Waals surface area contributed by atoms with Crippen LogP contribution in [0.4, 0.5) is 0 Å². The average Bonchev–Trinajstić information content (AvgIpc) is 2.11. The van der Waals surface area contributed by atoms with Crippen molar-refractivity contribution in [2.75, 3.05) is 6.61 Å². The first-order valence-corrected chi connectivity index (χ1v) is 5.71. The van der Waals surface area contributed by atoms with E-state index in [1.165, 1.54) is 0 Å². The van der Waals surface area contributed by atoms with Crippen molar-refractivity contribution in [1.29, 1.82) is 0 Å². The molecular weight excluding hydrogens is 232 g/mol. The van der Waals surface area contributed by atoms with Crippen molar-refractivity contribution in [3.8, 4) is 0 Å². The number of esters is 1. The molecule has 0 aliphatic carbocycles. The largest absolute Gasteiger partial charge is 0.464 e. The van der Waals surface area contributed by atoms with Crippen LogP contribution in [-0.4, -0.2) is 17.4 Å². The van der Waals surface area contributed by atoms with E-state index >= 15 is 0 Å². The van der Waals surface area contributed by atoms with Gasteiger partial charge in [0.25, 0.3) is 0 Å². The number of rotatable bonds is 5. The molecule has 0 amide bonds. The Morgan fingerprint density at radius 2 is 1.92 bits per heavy atom. The van der Waals surface area contributed by atoms with E-state index in [2.05, 4.69) is 22.9 Å². The summed E-state index contributed by atoms with van der Waals surface area (Å²) in [5.74, 6) is 0.257. The highest BCUT2D eigenvalue weighted by Gasteiger charge is 2.18. The highest BCUT2D eigenvalue weighted by atomic mass is 79.9. The molecule has 3 heteroatoms. The van der Waals surface area contributed by atoms with Gasteiger partial charge in [-0.25, -0.2) is 0 Å². The van der Waals surface area contributed by atoms with Crippen LogP contribution in [0.5, 0.6) is 0 Å². The van der Waals surface area contributed by atoms with Gasteiger partial charge in [-0.1, -0.05) is 43.6 Å². The van der Waals surface area contributed by atoms with Gasteiger partial charge in [0.05, 0.1) is 5.92 Å². The van der Waals surface area contributed by atoms with Crippen LogP contribution in [0.25, 0.3) is 0 Å². The Balaban J connectivity index is 3.74. The van der Waals surface area contributed by atoms with E-state index in [-0.39, 0.29) is 16.7 Å². The molecule has 13 heavy (non-hydrogen) atoms. The number of ether oxygens (including phenoxy) is 1. The zero-order chi connectivity index (χ0) is 10.4. The van der Waals surface area contributed by atoms with Crippen LogP contribution in [-0.2, 0) is 9.53 Å². The smallest absolute Gasteiger partial charge is 0.308 e. The van der Waals surface area contributed by atoms with Crippen molar-refractivity contribution in [3.05, 3.63) is 0 Å². The minimum atomic E-state index is -0.0899. The third-order valence-electron chi connectivity index (χ3n) is 2.22. The Morgan fingerprint density at radius 1 is 1.38 bits per heavy atom. The lowest BCUT2D eigenvalue weighted by atomic mass is 9.99. The van der Waals surface area contributed by atoms with E-state index in [1.54, 1.807) is 0 Å². The van der Waals surface area contributed by atoms with Gasteiger partial charge in [-0.2, -0.15) is 0 Å². The first-order chi connectivity index (χ1) is 5.99. The van der Waals surface area contributed by atoms with Crippen LogP contribution in [0.1, 0.15) is 34.1 Å². The van der Waals surface area contributed by atoms with Crippen LogP contribution < -0.4 is 0 Å². The van der Waals surface area contributed by atoms with Crippen molar-refractivity contribution < 1.29 is 9.53 Å². The molecule has 0 saturated heterocycles. The number of carbonyl (C=O) groups excluding carboxylic acids is 1. The van der Waals surface area contributed by atoms with Gasteiger partial charge in [-0.05, 0) is 12.3 Å². The summed E-state index contributed by atoms with van der Waals surface area (Å²) in [5, 5.41) is 0. The summed E-state index contributed by atoms with van der Waals surface area (Å²) in [7, 11) is 0. The summed E-state index contributed by atoms with van der Waals surface area (Å²) >= 11 is 3.41. The molecule has 0 spiro atoms. The lowest BCUT2D eigenvalue weighted by Gasteiger charge is -2.15. The lowest BCUT2D eigenvalue weighted by molar-refractivity contribution is -0.149. The summed E-state index contributed by atoms with van der Waals surface area (Å²) < 4.78 is 5.13. The van der Waals surface area contributed by atoms with Crippen molar-refractivity contribution in [3.63, 3.8) is 0 Å². The average molecular weight is 251 g/mol. The molecule has 0 rings (SSSR count). The molecule has 0 aromatic carbocycles. The molecule has 0 aromatic heterocycles. The quantitative estimate of drug-likeness (QED) is 0.554. The third-order valence-corrected chi connectivity index (χ3v) is 3.13. The minimum Gasteiger partial charge on any atom is -0.464 e. The number of hydrogen-bond donors (Lipinski definition) is 0. The van der Waals surface area contributed by atoms with Crippen LogP contribution in [0.15, 0.2) is 0 Å². The maximum Gasteiger partial charge on any atom is 0.308 e. The maximum atomic E-state index is 11.4. The molecule has 0 bridgehead atoms. The van der Waals surface area contributed by atoms with Crippen LogP contribution in [0.2, 0.25) is 0 Å². The van der Waals surface area contributed by atoms with Gasteiger partial charge in [-0.3, -0.25) is 4.79 Å². The molecule has 2 unspecified atom stereocenters. The molecule has 0 radical (unpaired) electrons. The number of carbonyl (C=O) groups is 1. The minimum absolute atomic E-state index is 0.00319. The predicted molar refractivity (Wildman–Crippen MR) is 58.0 cm³/mol. The van der Waals surface area contributed by atoms with E-state index in [0.29, 0.717) is 12.5 Å². The van der Waals surface area contributed by atoms with Crippen molar-refractivity contribution in [2.24, 2.45) is 11.8 Å². The Hall–Kier alpha value is -0.0500. The Kier molecular flexibility index (Phi) is 6.39. The number of halogens is 1. The molecule has 78 valence electrons. The second kappa shape index (κ2) is 6.41. The molecule has 2 nitrogen and oxygen atoms in total. The zero-order valence-electron chi connectivity index (χ0n) is 8.84. The SMILES string of the molecule is CCC(Br)COC(=O)C(C)C(C)C. The monoisotopic (exact) mass is 250 g/mol. The fourth-order valence-electron chi connectivity index (χ4n) is 0.694. The molecule has 0 aliphatic heterocycles. The van der Waals surface area contributed by atoms with Crippen molar-refractivity contribution in [2.45, 2.75) is 38.9 Å². The Morgan fingerprint density at radius 3 is 2.31 bits per heavy atom. The molecule has 0 N–H and O–H groups in total. The van der Waals surface area contributed by atoms with Gasteiger partial charge in [-0.15, -0.1) is 0 Å². The van der Waals surface area contributed by atoms with Crippen LogP contribution in [0, 0.1) is 11.8 Å². The number of alkyl halides is 1. The van der Waals surface area contributed by atoms with Gasteiger partial charge in [0.15, 0.2) is 0 Å². The molecule has 0 fully saturated rings. The predicted octanol–water partition coefficient (Wildman–Crippen LogP) is 3.00. The summed E-state index contributed by atoms with van der Waals surface area (Å²) in [4.78, 5) is 11.6. The summed E-state index contributed by atoms with van der Waals surface area (Å²) in [6, 6.07) is 0. The second-order valence-corrected chi connectivity index (χ2v) is 4.96. The second-order valence-electron chi connectivity index (χ2n) is 3.67. The highest BCUT2D eigenvalue weighted by molar-refractivity contribution is 9.09. The van der Waals surface area contributed by atoms with E-state index in [4.69, 9.17) is 4.74 Å². The van der Waals surface area contributed by atoms with Gasteiger partial charge < -0.3 is 4.74 Å². The molecule has 0 heterocycles. The van der Waals surface area contributed by atoms with Gasteiger partial charge in [0.2, 0.25) is 0 Å². The zero-order valence-corrected chi connectivity index (χ0v) is 10.4. The summed E-state index contributed by atoms with van der Waals surface area (Å²) in [6.45, 7) is 8.49. The third kappa shape index (κ3) is 5.29. The topological polar surface area (TPSA) is 26.3 Å². The fraction of sp³-hybridized carbons (Fsp3) is 0.900.